The second kappa shape index (κ2) is 14.7. The molecule has 0 saturated heterocycles. The molecule has 1 unspecified atom stereocenters. The molecule has 10 aromatic carbocycles. The number of rotatable bonds is 4. The second-order valence-corrected chi connectivity index (χ2v) is 19.5. The number of aromatic nitrogens is 2. The van der Waals surface area contributed by atoms with Crippen LogP contribution in [0.3, 0.4) is 0 Å². The van der Waals surface area contributed by atoms with Gasteiger partial charge in [-0.25, -0.2) is 9.98 Å². The molecule has 1 aliphatic rings. The van der Waals surface area contributed by atoms with E-state index in [-0.39, 0.29) is 5.92 Å². The number of hydrogen-bond donors (Lipinski definition) is 0. The highest BCUT2D eigenvalue weighted by Gasteiger charge is 2.27. The molecule has 324 valence electrons. The van der Waals surface area contributed by atoms with Crippen molar-refractivity contribution in [2.75, 3.05) is 0 Å². The number of aliphatic imine (C=N–C) groups is 2. The molecule has 5 nitrogen and oxygen atoms in total. The topological polar surface area (TPSA) is 47.7 Å². The Morgan fingerprint density at radius 3 is 1.97 bits per heavy atom. The molecular weight excluding hydrogens is 861 g/mol. The van der Waals surface area contributed by atoms with E-state index in [4.69, 9.17) is 14.4 Å². The number of furan rings is 1. The van der Waals surface area contributed by atoms with Gasteiger partial charge in [0.1, 0.15) is 11.4 Å². The Morgan fingerprint density at radius 1 is 0.493 bits per heavy atom. The molecule has 0 spiro atoms. The summed E-state index contributed by atoms with van der Waals surface area (Å²) in [5.74, 6) is 1.55. The maximum Gasteiger partial charge on any atom is 0.162 e. The molecule has 0 radical (unpaired) electrons. The molecule has 0 saturated carbocycles. The Kier molecular flexibility index (Phi) is 8.21. The first-order chi connectivity index (χ1) is 34.1. The predicted octanol–water partition coefficient (Wildman–Crippen LogP) is 17.2. The van der Waals surface area contributed by atoms with E-state index in [2.05, 4.69) is 222 Å². The Morgan fingerprint density at radius 2 is 1.16 bits per heavy atom. The van der Waals surface area contributed by atoms with Crippen molar-refractivity contribution in [2.45, 2.75) is 13.3 Å². The molecule has 0 amide bonds. The van der Waals surface area contributed by atoms with Crippen LogP contribution in [-0.4, -0.2) is 20.7 Å². The van der Waals surface area contributed by atoms with Crippen molar-refractivity contribution >= 4 is 136 Å². The maximum absolute atomic E-state index is 7.19. The lowest BCUT2D eigenvalue weighted by Crippen LogP contribution is -2.18. The molecular formula is C63H40N4OS. The smallest absolute Gasteiger partial charge is 0.162 e. The van der Waals surface area contributed by atoms with Gasteiger partial charge in [0.15, 0.2) is 11.4 Å². The summed E-state index contributed by atoms with van der Waals surface area (Å²) in [6.45, 7) is 2.32. The molecule has 5 heterocycles. The molecule has 6 heteroatoms. The molecule has 15 rings (SSSR count). The predicted molar refractivity (Wildman–Crippen MR) is 293 cm³/mol. The fourth-order valence-corrected chi connectivity index (χ4v) is 12.6. The van der Waals surface area contributed by atoms with E-state index in [0.29, 0.717) is 5.84 Å². The molecule has 1 aliphatic heterocycles. The van der Waals surface area contributed by atoms with Crippen LogP contribution in [0, 0.1) is 5.92 Å². The van der Waals surface area contributed by atoms with Gasteiger partial charge in [0, 0.05) is 74.9 Å². The number of hydrogen-bond acceptors (Lipinski definition) is 4. The number of thiophene rings is 1. The lowest BCUT2D eigenvalue weighted by molar-refractivity contribution is 0.666. The van der Waals surface area contributed by atoms with Gasteiger partial charge in [0.05, 0.1) is 33.5 Å². The summed E-state index contributed by atoms with van der Waals surface area (Å²) in [6.07, 6.45) is 3.09. The Labute approximate surface area is 399 Å². The van der Waals surface area contributed by atoms with Crippen LogP contribution in [0.5, 0.6) is 0 Å². The second-order valence-electron chi connectivity index (χ2n) is 18.5. The third-order valence-corrected chi connectivity index (χ3v) is 15.8. The zero-order valence-corrected chi connectivity index (χ0v) is 38.3. The fourth-order valence-electron chi connectivity index (χ4n) is 11.4. The molecule has 14 aromatic rings. The van der Waals surface area contributed by atoms with Gasteiger partial charge in [-0.1, -0.05) is 159 Å². The molecule has 69 heavy (non-hydrogen) atoms. The summed E-state index contributed by atoms with van der Waals surface area (Å²) >= 11 is 1.85. The quantitative estimate of drug-likeness (QED) is 0.174. The minimum Gasteiger partial charge on any atom is -0.454 e. The van der Waals surface area contributed by atoms with Gasteiger partial charge in [0.2, 0.25) is 0 Å². The van der Waals surface area contributed by atoms with Gasteiger partial charge in [-0.15, -0.1) is 11.3 Å². The van der Waals surface area contributed by atoms with Crippen molar-refractivity contribution in [3.05, 3.63) is 217 Å². The summed E-state index contributed by atoms with van der Waals surface area (Å²) in [6, 6.07) is 72.3. The van der Waals surface area contributed by atoms with Crippen LogP contribution < -0.4 is 0 Å². The summed E-state index contributed by atoms with van der Waals surface area (Å²) in [7, 11) is 0. The van der Waals surface area contributed by atoms with Crippen molar-refractivity contribution in [2.24, 2.45) is 15.9 Å². The Bertz CT molecular complexity index is 4560. The van der Waals surface area contributed by atoms with Crippen molar-refractivity contribution in [3.63, 3.8) is 0 Å². The summed E-state index contributed by atoms with van der Waals surface area (Å²) in [4.78, 5) is 11.7. The van der Waals surface area contributed by atoms with Gasteiger partial charge >= 0.3 is 0 Å². The zero-order valence-electron chi connectivity index (χ0n) is 37.5. The molecule has 0 bridgehead atoms. The van der Waals surface area contributed by atoms with E-state index in [1.807, 2.05) is 11.3 Å². The van der Waals surface area contributed by atoms with Crippen molar-refractivity contribution < 1.29 is 4.42 Å². The normalized spacial score (nSPS) is 17.1. The minimum atomic E-state index is 0.0611. The third-order valence-electron chi connectivity index (χ3n) is 14.6. The van der Waals surface area contributed by atoms with Crippen molar-refractivity contribution in [3.8, 4) is 5.69 Å². The maximum atomic E-state index is 7.19. The standard InChI is InChI=1S/C63H40N4OS/c1-37-29-34-57(66-51-25-10-6-19-42(51)43-20-7-11-26-52(43)66)64-63(65-59(37)49-24-14-23-46-44-21-9-13-28-56(44)69-62(46)49)48-32-33-53(61-58(48)47-22-8-12-27-55(47)68-61)67-54-36-40-17-3-2-16-39(40)35-50(54)45-31-30-38-15-4-5-18-41(38)60(45)67/h2-28,30-37H,29H2,1H3/b57-34-,64-63-,65-59+. The summed E-state index contributed by atoms with van der Waals surface area (Å²) in [5, 5.41) is 14.1. The van der Waals surface area contributed by atoms with Crippen LogP contribution in [0.25, 0.3) is 119 Å². The molecule has 1 atom stereocenters. The van der Waals surface area contributed by atoms with Gasteiger partial charge in [-0.2, -0.15) is 0 Å². The number of allylic oxidation sites excluding steroid dienone is 1. The van der Waals surface area contributed by atoms with Crippen LogP contribution in [-0.2, 0) is 0 Å². The van der Waals surface area contributed by atoms with Crippen LogP contribution >= 0.6 is 11.3 Å². The van der Waals surface area contributed by atoms with E-state index < -0.39 is 0 Å². The highest BCUT2D eigenvalue weighted by Crippen LogP contribution is 2.44. The van der Waals surface area contributed by atoms with Crippen LogP contribution in [0.2, 0.25) is 0 Å². The largest absolute Gasteiger partial charge is 0.454 e. The third kappa shape index (κ3) is 5.64. The van der Waals surface area contributed by atoms with Gasteiger partial charge < -0.3 is 8.98 Å². The van der Waals surface area contributed by atoms with Gasteiger partial charge in [-0.05, 0) is 77.2 Å². The lowest BCUT2D eigenvalue weighted by atomic mass is 9.93. The van der Waals surface area contributed by atoms with Gasteiger partial charge in [-0.3, -0.25) is 4.57 Å². The molecule has 0 aliphatic carbocycles. The number of para-hydroxylation sites is 3. The molecule has 4 aromatic heterocycles. The van der Waals surface area contributed by atoms with E-state index in [9.17, 15) is 0 Å². The Balaban J connectivity index is 1.06. The molecule has 0 fully saturated rings. The van der Waals surface area contributed by atoms with Crippen LogP contribution in [0.1, 0.15) is 24.5 Å². The monoisotopic (exact) mass is 900 g/mol. The van der Waals surface area contributed by atoms with E-state index in [1.165, 1.54) is 63.3 Å². The van der Waals surface area contributed by atoms with E-state index >= 15 is 0 Å². The first kappa shape index (κ1) is 38.5. The summed E-state index contributed by atoms with van der Waals surface area (Å²) < 4.78 is 14.5. The van der Waals surface area contributed by atoms with Crippen LogP contribution in [0.15, 0.2) is 221 Å². The van der Waals surface area contributed by atoms with Crippen molar-refractivity contribution in [1.29, 1.82) is 0 Å². The zero-order chi connectivity index (χ0) is 45.3. The van der Waals surface area contributed by atoms with Crippen LogP contribution in [0.4, 0.5) is 0 Å². The first-order valence-electron chi connectivity index (χ1n) is 23.7. The SMILES string of the molecule is CC1C/C=C(n2c3ccccc3c3ccccc32)/N=C(c2ccc(-n3c4cc5ccccc5cc4c4ccc5ccccc5c43)c3oc4ccccc4c23)\N=C/1c1cccc2c1sc1ccccc12. The highest BCUT2D eigenvalue weighted by molar-refractivity contribution is 7.26. The molecule has 0 N–H and O–H groups in total. The fraction of sp³-hybridized carbons (Fsp3) is 0.0476. The summed E-state index contributed by atoms with van der Waals surface area (Å²) in [5.41, 5.74) is 10.2. The van der Waals surface area contributed by atoms with E-state index in [1.54, 1.807) is 0 Å². The average Bonchev–Trinajstić information content (AvgIpc) is 4.15. The number of nitrogens with zero attached hydrogens (tertiary/aromatic N) is 4. The highest BCUT2D eigenvalue weighted by atomic mass is 32.1. The number of amidine groups is 1. The first-order valence-corrected chi connectivity index (χ1v) is 24.5. The van der Waals surface area contributed by atoms with Crippen molar-refractivity contribution in [1.82, 2.24) is 9.13 Å². The minimum absolute atomic E-state index is 0.0611. The van der Waals surface area contributed by atoms with Gasteiger partial charge in [0.25, 0.3) is 0 Å². The number of fused-ring (bicyclic) bond motifs is 15. The lowest BCUT2D eigenvalue weighted by Gasteiger charge is -2.20. The van der Waals surface area contributed by atoms with E-state index in [0.717, 1.165) is 78.8 Å². The number of benzene rings is 10. The Hall–Kier alpha value is -8.58. The average molecular weight is 901 g/mol.